The Labute approximate surface area is 187 Å². The van der Waals surface area contributed by atoms with Crippen LogP contribution in [0.4, 0.5) is 0 Å². The van der Waals surface area contributed by atoms with Crippen LogP contribution >= 0.6 is 0 Å². The third-order valence-electron chi connectivity index (χ3n) is 5.66. The second kappa shape index (κ2) is 10.3. The first kappa shape index (κ1) is 23.3. The number of piperidine rings is 1. The minimum absolute atomic E-state index is 0.0683. The summed E-state index contributed by atoms with van der Waals surface area (Å²) in [5.41, 5.74) is 1.77. The number of likely N-dealkylation sites (tertiary alicyclic amines) is 1. The number of amides is 1. The smallest absolute Gasteiger partial charge is 0.225 e. The zero-order valence-corrected chi connectivity index (χ0v) is 19.6. The number of hydrogen-bond acceptors (Lipinski definition) is 4. The molecule has 1 aliphatic rings. The van der Waals surface area contributed by atoms with Crippen LogP contribution in [-0.4, -0.2) is 35.0 Å². The second-order valence-electron chi connectivity index (χ2n) is 9.91. The molecule has 2 heterocycles. The van der Waals surface area contributed by atoms with E-state index in [-0.39, 0.29) is 18.1 Å². The fraction of sp³-hybridized carbons (Fsp3) is 0.538. The van der Waals surface area contributed by atoms with Gasteiger partial charge < -0.3 is 10.1 Å². The average Bonchev–Trinajstić information content (AvgIpc) is 2.71. The molecule has 3 rings (SSSR count). The van der Waals surface area contributed by atoms with Gasteiger partial charge in [0.15, 0.2) is 0 Å². The van der Waals surface area contributed by atoms with Crippen LogP contribution in [0.15, 0.2) is 48.7 Å². The monoisotopic (exact) mass is 423 g/mol. The maximum Gasteiger partial charge on any atom is 0.225 e. The van der Waals surface area contributed by atoms with Crippen LogP contribution in [0.5, 0.6) is 5.75 Å². The summed E-state index contributed by atoms with van der Waals surface area (Å²) in [5, 5.41) is 3.31. The summed E-state index contributed by atoms with van der Waals surface area (Å²) in [5.74, 6) is 1.31. The summed E-state index contributed by atoms with van der Waals surface area (Å²) in [6.45, 7) is 12.8. The van der Waals surface area contributed by atoms with Crippen LogP contribution in [0.25, 0.3) is 0 Å². The Kier molecular flexibility index (Phi) is 7.71. The lowest BCUT2D eigenvalue weighted by atomic mass is 9.86. The van der Waals surface area contributed by atoms with Gasteiger partial charge >= 0.3 is 0 Å². The highest BCUT2D eigenvalue weighted by atomic mass is 16.5. The van der Waals surface area contributed by atoms with Crippen molar-refractivity contribution in [3.63, 3.8) is 0 Å². The quantitative estimate of drug-likeness (QED) is 0.682. The topological polar surface area (TPSA) is 54.5 Å². The molecule has 0 spiro atoms. The molecule has 0 unspecified atom stereocenters. The average molecular weight is 424 g/mol. The third kappa shape index (κ3) is 6.79. The van der Waals surface area contributed by atoms with Crippen molar-refractivity contribution in [3.05, 3.63) is 59.9 Å². The highest BCUT2D eigenvalue weighted by Crippen LogP contribution is 2.31. The molecule has 1 fully saturated rings. The van der Waals surface area contributed by atoms with E-state index in [1.807, 2.05) is 65.1 Å². The lowest BCUT2D eigenvalue weighted by Crippen LogP contribution is -2.45. The highest BCUT2D eigenvalue weighted by molar-refractivity contribution is 5.81. The Balaban J connectivity index is 1.73. The Bertz CT molecular complexity index is 845. The summed E-state index contributed by atoms with van der Waals surface area (Å²) >= 11 is 0. The number of pyridine rings is 1. The van der Waals surface area contributed by atoms with Crippen molar-refractivity contribution in [1.82, 2.24) is 15.2 Å². The van der Waals surface area contributed by atoms with E-state index < -0.39 is 5.41 Å². The van der Waals surface area contributed by atoms with Gasteiger partial charge in [0.25, 0.3) is 0 Å². The first-order valence-corrected chi connectivity index (χ1v) is 11.4. The molecular weight excluding hydrogens is 386 g/mol. The molecule has 0 aliphatic carbocycles. The van der Waals surface area contributed by atoms with Gasteiger partial charge in [-0.25, -0.2) is 0 Å². The molecule has 1 amide bonds. The van der Waals surface area contributed by atoms with E-state index >= 15 is 0 Å². The molecule has 0 radical (unpaired) electrons. The molecule has 31 heavy (non-hydrogen) atoms. The molecule has 2 aromatic rings. The van der Waals surface area contributed by atoms with Crippen LogP contribution in [-0.2, 0) is 11.3 Å². The van der Waals surface area contributed by atoms with Crippen molar-refractivity contribution in [3.8, 4) is 5.75 Å². The van der Waals surface area contributed by atoms with Crippen molar-refractivity contribution < 1.29 is 9.53 Å². The van der Waals surface area contributed by atoms with E-state index in [0.29, 0.717) is 5.92 Å². The number of ether oxygens (including phenoxy) is 1. The maximum absolute atomic E-state index is 12.8. The minimum Gasteiger partial charge on any atom is -0.491 e. The highest BCUT2D eigenvalue weighted by Gasteiger charge is 2.33. The predicted octanol–water partition coefficient (Wildman–Crippen LogP) is 4.98. The van der Waals surface area contributed by atoms with Crippen molar-refractivity contribution >= 4 is 5.91 Å². The zero-order valence-electron chi connectivity index (χ0n) is 19.6. The zero-order chi connectivity index (χ0) is 22.4. The van der Waals surface area contributed by atoms with E-state index in [1.54, 1.807) is 0 Å². The normalized spacial score (nSPS) is 18.6. The van der Waals surface area contributed by atoms with Crippen LogP contribution in [0.3, 0.4) is 0 Å². The molecule has 5 heteroatoms. The van der Waals surface area contributed by atoms with Crippen LogP contribution < -0.4 is 10.1 Å². The van der Waals surface area contributed by atoms with E-state index in [1.165, 1.54) is 5.56 Å². The van der Waals surface area contributed by atoms with Gasteiger partial charge in [0.05, 0.1) is 17.8 Å². The number of nitrogens with one attached hydrogen (secondary N) is 1. The van der Waals surface area contributed by atoms with Crippen molar-refractivity contribution in [1.29, 1.82) is 0 Å². The predicted molar refractivity (Wildman–Crippen MR) is 125 cm³/mol. The summed E-state index contributed by atoms with van der Waals surface area (Å²) in [6, 6.07) is 14.3. The molecule has 1 aromatic carbocycles. The third-order valence-corrected chi connectivity index (χ3v) is 5.66. The largest absolute Gasteiger partial charge is 0.491 e. The number of carbonyl (C=O) groups is 1. The Hall–Kier alpha value is -2.40. The molecule has 168 valence electrons. The van der Waals surface area contributed by atoms with Gasteiger partial charge in [-0.2, -0.15) is 0 Å². The number of carbonyl (C=O) groups excluding carboxylic acids is 1. The standard InChI is InChI=1S/C26H37N3O2/c1-19(2)31-22-12-8-10-20(16-22)17-29-15-9-11-21(18-29)24(23-13-6-7-14-27-23)28-25(30)26(3,4)5/h6-8,10,12-14,16,19,21,24H,9,11,15,17-18H2,1-5H3,(H,28,30)/t21-,24+/m1/s1. The lowest BCUT2D eigenvalue weighted by molar-refractivity contribution is -0.130. The minimum atomic E-state index is -0.432. The first-order chi connectivity index (χ1) is 14.7. The molecule has 1 saturated heterocycles. The number of nitrogens with zero attached hydrogens (tertiary/aromatic N) is 2. The SMILES string of the molecule is CC(C)Oc1cccc(CN2CCC[C@@H]([C@H](NC(=O)C(C)(C)C)c3ccccn3)C2)c1. The van der Waals surface area contributed by atoms with E-state index in [9.17, 15) is 4.79 Å². The van der Waals surface area contributed by atoms with Crippen molar-refractivity contribution in [2.45, 2.75) is 66.2 Å². The van der Waals surface area contributed by atoms with Gasteiger partial charge in [-0.15, -0.1) is 0 Å². The van der Waals surface area contributed by atoms with Crippen LogP contribution in [0.1, 0.15) is 64.8 Å². The molecule has 1 aliphatic heterocycles. The van der Waals surface area contributed by atoms with Gasteiger partial charge in [-0.3, -0.25) is 14.7 Å². The molecule has 5 nitrogen and oxygen atoms in total. The van der Waals surface area contributed by atoms with Gasteiger partial charge in [-0.1, -0.05) is 39.0 Å². The summed E-state index contributed by atoms with van der Waals surface area (Å²) in [4.78, 5) is 19.9. The van der Waals surface area contributed by atoms with Gasteiger partial charge in [0.1, 0.15) is 5.75 Å². The van der Waals surface area contributed by atoms with E-state index in [2.05, 4.69) is 33.4 Å². The Morgan fingerprint density at radius 1 is 1.23 bits per heavy atom. The summed E-state index contributed by atoms with van der Waals surface area (Å²) < 4.78 is 5.86. The number of hydrogen-bond donors (Lipinski definition) is 1. The molecule has 1 N–H and O–H groups in total. The molecule has 0 saturated carbocycles. The van der Waals surface area contributed by atoms with Crippen LogP contribution in [0.2, 0.25) is 0 Å². The Morgan fingerprint density at radius 3 is 2.71 bits per heavy atom. The second-order valence-corrected chi connectivity index (χ2v) is 9.91. The fourth-order valence-electron chi connectivity index (χ4n) is 4.11. The Morgan fingerprint density at radius 2 is 2.03 bits per heavy atom. The van der Waals surface area contributed by atoms with E-state index in [4.69, 9.17) is 4.74 Å². The van der Waals surface area contributed by atoms with Gasteiger partial charge in [0, 0.05) is 24.7 Å². The molecular formula is C26H37N3O2. The summed E-state index contributed by atoms with van der Waals surface area (Å²) in [7, 11) is 0. The van der Waals surface area contributed by atoms with Gasteiger partial charge in [-0.05, 0) is 69.0 Å². The van der Waals surface area contributed by atoms with Crippen molar-refractivity contribution in [2.24, 2.45) is 11.3 Å². The maximum atomic E-state index is 12.8. The fourth-order valence-corrected chi connectivity index (χ4v) is 4.11. The first-order valence-electron chi connectivity index (χ1n) is 11.4. The molecule has 0 bridgehead atoms. The molecule has 1 aromatic heterocycles. The van der Waals surface area contributed by atoms with E-state index in [0.717, 1.165) is 43.9 Å². The van der Waals surface area contributed by atoms with Crippen molar-refractivity contribution in [2.75, 3.05) is 13.1 Å². The lowest BCUT2D eigenvalue weighted by Gasteiger charge is -2.38. The summed E-state index contributed by atoms with van der Waals surface area (Å²) in [6.07, 6.45) is 4.17. The van der Waals surface area contributed by atoms with Crippen LogP contribution in [0, 0.1) is 11.3 Å². The molecule has 2 atom stereocenters. The number of aromatic nitrogens is 1. The number of rotatable bonds is 7. The van der Waals surface area contributed by atoms with Gasteiger partial charge in [0.2, 0.25) is 5.91 Å². The number of benzene rings is 1.